The van der Waals surface area contributed by atoms with E-state index < -0.39 is 0 Å². The molecular formula is C20H26N4O3. The number of anilines is 1. The van der Waals surface area contributed by atoms with Gasteiger partial charge in [-0.25, -0.2) is 0 Å². The van der Waals surface area contributed by atoms with Gasteiger partial charge in [-0.3, -0.25) is 4.79 Å². The second-order valence-corrected chi connectivity index (χ2v) is 6.56. The second kappa shape index (κ2) is 9.75. The van der Waals surface area contributed by atoms with E-state index >= 15 is 0 Å². The molecule has 0 unspecified atom stereocenters. The Labute approximate surface area is 159 Å². The molecule has 3 rings (SSSR count). The van der Waals surface area contributed by atoms with E-state index in [4.69, 9.17) is 9.47 Å². The standard InChI is InChI=1S/C20H26N4O3/c1-26-16-7-9-17(10-8-16)27-14-13-21-19-12-11-18(23-24-19)20(25)22-15-5-3-2-4-6-15/h7-12,15H,2-6,13-14H2,1H3,(H,21,24)(H,22,25). The number of nitrogens with one attached hydrogen (secondary N) is 2. The molecule has 1 amide bonds. The van der Waals surface area contributed by atoms with Gasteiger partial charge in [0, 0.05) is 6.04 Å². The maximum absolute atomic E-state index is 12.2. The fraction of sp³-hybridized carbons (Fsp3) is 0.450. The minimum atomic E-state index is -0.149. The Morgan fingerprint density at radius 1 is 1.04 bits per heavy atom. The molecule has 1 aliphatic rings. The number of hydrogen-bond donors (Lipinski definition) is 2. The lowest BCUT2D eigenvalue weighted by Gasteiger charge is -2.22. The molecule has 1 aliphatic carbocycles. The van der Waals surface area contributed by atoms with Crippen molar-refractivity contribution in [2.75, 3.05) is 25.6 Å². The second-order valence-electron chi connectivity index (χ2n) is 6.56. The van der Waals surface area contributed by atoms with Crippen LogP contribution in [0.2, 0.25) is 0 Å². The quantitative estimate of drug-likeness (QED) is 0.695. The van der Waals surface area contributed by atoms with Crippen LogP contribution in [0.25, 0.3) is 0 Å². The molecular weight excluding hydrogens is 344 g/mol. The van der Waals surface area contributed by atoms with Crippen LogP contribution in [0.5, 0.6) is 11.5 Å². The maximum Gasteiger partial charge on any atom is 0.272 e. The molecule has 0 spiro atoms. The number of carbonyl (C=O) groups is 1. The van der Waals surface area contributed by atoms with Gasteiger partial charge in [-0.15, -0.1) is 10.2 Å². The number of amides is 1. The fourth-order valence-electron chi connectivity index (χ4n) is 3.07. The van der Waals surface area contributed by atoms with Gasteiger partial charge in [-0.05, 0) is 49.2 Å². The first-order valence-electron chi connectivity index (χ1n) is 9.40. The van der Waals surface area contributed by atoms with Crippen LogP contribution in [-0.2, 0) is 0 Å². The van der Waals surface area contributed by atoms with Crippen LogP contribution in [0.4, 0.5) is 5.82 Å². The molecule has 7 nitrogen and oxygen atoms in total. The van der Waals surface area contributed by atoms with Gasteiger partial charge in [0.2, 0.25) is 0 Å². The summed E-state index contributed by atoms with van der Waals surface area (Å²) in [7, 11) is 1.63. The highest BCUT2D eigenvalue weighted by atomic mass is 16.5. The first-order chi connectivity index (χ1) is 13.2. The SMILES string of the molecule is COc1ccc(OCCNc2ccc(C(=O)NC3CCCCC3)nn2)cc1. The Hall–Kier alpha value is -2.83. The van der Waals surface area contributed by atoms with E-state index in [0.717, 1.165) is 24.3 Å². The molecule has 0 radical (unpaired) electrons. The lowest BCUT2D eigenvalue weighted by molar-refractivity contribution is 0.0921. The smallest absolute Gasteiger partial charge is 0.272 e. The van der Waals surface area contributed by atoms with Gasteiger partial charge in [-0.1, -0.05) is 19.3 Å². The molecule has 0 saturated heterocycles. The van der Waals surface area contributed by atoms with Gasteiger partial charge in [0.05, 0.1) is 13.7 Å². The van der Waals surface area contributed by atoms with E-state index in [1.807, 2.05) is 24.3 Å². The van der Waals surface area contributed by atoms with E-state index in [-0.39, 0.29) is 11.9 Å². The highest BCUT2D eigenvalue weighted by molar-refractivity contribution is 5.92. The van der Waals surface area contributed by atoms with Gasteiger partial charge < -0.3 is 20.1 Å². The Kier molecular flexibility index (Phi) is 6.84. The van der Waals surface area contributed by atoms with Crippen molar-refractivity contribution in [3.8, 4) is 11.5 Å². The molecule has 1 aromatic heterocycles. The van der Waals surface area contributed by atoms with Gasteiger partial charge >= 0.3 is 0 Å². The van der Waals surface area contributed by atoms with Crippen molar-refractivity contribution in [1.82, 2.24) is 15.5 Å². The summed E-state index contributed by atoms with van der Waals surface area (Å²) in [5.74, 6) is 2.04. The fourth-order valence-corrected chi connectivity index (χ4v) is 3.07. The summed E-state index contributed by atoms with van der Waals surface area (Å²) < 4.78 is 10.8. The summed E-state index contributed by atoms with van der Waals surface area (Å²) in [6.45, 7) is 1.06. The third-order valence-corrected chi connectivity index (χ3v) is 4.57. The first-order valence-corrected chi connectivity index (χ1v) is 9.40. The van der Waals surface area contributed by atoms with Crippen LogP contribution < -0.4 is 20.1 Å². The third kappa shape index (κ3) is 5.84. The average Bonchev–Trinajstić information content (AvgIpc) is 2.73. The van der Waals surface area contributed by atoms with Crippen LogP contribution in [0.1, 0.15) is 42.6 Å². The predicted molar refractivity (Wildman–Crippen MR) is 103 cm³/mol. The van der Waals surface area contributed by atoms with E-state index in [1.165, 1.54) is 19.3 Å². The number of hydrogen-bond acceptors (Lipinski definition) is 6. The molecule has 1 saturated carbocycles. The lowest BCUT2D eigenvalue weighted by Crippen LogP contribution is -2.36. The molecule has 0 atom stereocenters. The van der Waals surface area contributed by atoms with Crippen molar-refractivity contribution in [3.63, 3.8) is 0 Å². The third-order valence-electron chi connectivity index (χ3n) is 4.57. The zero-order valence-electron chi connectivity index (χ0n) is 15.6. The summed E-state index contributed by atoms with van der Waals surface area (Å²) in [5.41, 5.74) is 0.348. The van der Waals surface area contributed by atoms with Gasteiger partial charge in [0.1, 0.15) is 23.9 Å². The molecule has 2 aromatic rings. The Bertz CT molecular complexity index is 713. The molecule has 1 fully saturated rings. The van der Waals surface area contributed by atoms with Gasteiger partial charge in [-0.2, -0.15) is 0 Å². The van der Waals surface area contributed by atoms with Crippen LogP contribution in [-0.4, -0.2) is 42.4 Å². The number of aromatic nitrogens is 2. The maximum atomic E-state index is 12.2. The normalized spacial score (nSPS) is 14.4. The number of carbonyl (C=O) groups excluding carboxylic acids is 1. The number of methoxy groups -OCH3 is 1. The molecule has 1 aromatic carbocycles. The summed E-state index contributed by atoms with van der Waals surface area (Å²) in [4.78, 5) is 12.2. The minimum Gasteiger partial charge on any atom is -0.497 e. The van der Waals surface area contributed by atoms with Gasteiger partial charge in [0.25, 0.3) is 5.91 Å². The van der Waals surface area contributed by atoms with E-state index in [2.05, 4.69) is 20.8 Å². The molecule has 2 N–H and O–H groups in total. The Balaban J connectivity index is 1.39. The van der Waals surface area contributed by atoms with E-state index in [0.29, 0.717) is 24.7 Å². The number of ether oxygens (including phenoxy) is 2. The highest BCUT2D eigenvalue weighted by Gasteiger charge is 2.17. The Morgan fingerprint density at radius 2 is 1.78 bits per heavy atom. The van der Waals surface area contributed by atoms with Crippen molar-refractivity contribution >= 4 is 11.7 Å². The number of nitrogens with zero attached hydrogens (tertiary/aromatic N) is 2. The molecule has 0 aliphatic heterocycles. The first kappa shape index (κ1) is 18.9. The molecule has 0 bridgehead atoms. The topological polar surface area (TPSA) is 85.4 Å². The molecule has 1 heterocycles. The monoisotopic (exact) mass is 370 g/mol. The highest BCUT2D eigenvalue weighted by Crippen LogP contribution is 2.18. The summed E-state index contributed by atoms with van der Waals surface area (Å²) in [6, 6.07) is 11.1. The lowest BCUT2D eigenvalue weighted by atomic mass is 9.95. The molecule has 7 heteroatoms. The number of benzene rings is 1. The summed E-state index contributed by atoms with van der Waals surface area (Å²) in [6.07, 6.45) is 5.71. The van der Waals surface area contributed by atoms with Crippen LogP contribution in [0, 0.1) is 0 Å². The van der Waals surface area contributed by atoms with Gasteiger partial charge in [0.15, 0.2) is 5.69 Å². The van der Waals surface area contributed by atoms with Crippen molar-refractivity contribution in [2.45, 2.75) is 38.1 Å². The molecule has 144 valence electrons. The summed E-state index contributed by atoms with van der Waals surface area (Å²) >= 11 is 0. The predicted octanol–water partition coefficient (Wildman–Crippen LogP) is 3.04. The van der Waals surface area contributed by atoms with Crippen LogP contribution >= 0.6 is 0 Å². The van der Waals surface area contributed by atoms with Crippen LogP contribution in [0.3, 0.4) is 0 Å². The molecule has 27 heavy (non-hydrogen) atoms. The van der Waals surface area contributed by atoms with E-state index in [9.17, 15) is 4.79 Å². The minimum absolute atomic E-state index is 0.149. The van der Waals surface area contributed by atoms with Crippen molar-refractivity contribution in [2.24, 2.45) is 0 Å². The average molecular weight is 370 g/mol. The Morgan fingerprint density at radius 3 is 2.44 bits per heavy atom. The van der Waals surface area contributed by atoms with Crippen molar-refractivity contribution in [1.29, 1.82) is 0 Å². The van der Waals surface area contributed by atoms with Crippen LogP contribution in [0.15, 0.2) is 36.4 Å². The number of rotatable bonds is 8. The summed E-state index contributed by atoms with van der Waals surface area (Å²) in [5, 5.41) is 14.3. The largest absolute Gasteiger partial charge is 0.497 e. The van der Waals surface area contributed by atoms with Crippen molar-refractivity contribution in [3.05, 3.63) is 42.1 Å². The van der Waals surface area contributed by atoms with Crippen molar-refractivity contribution < 1.29 is 14.3 Å². The zero-order valence-corrected chi connectivity index (χ0v) is 15.6. The zero-order chi connectivity index (χ0) is 18.9. The van der Waals surface area contributed by atoms with E-state index in [1.54, 1.807) is 19.2 Å².